The number of rotatable bonds is 4. The Kier molecular flexibility index (Phi) is 4.09. The van der Waals surface area contributed by atoms with Crippen molar-refractivity contribution in [1.82, 2.24) is 24.9 Å². The lowest BCUT2D eigenvalue weighted by molar-refractivity contribution is -0.101. The van der Waals surface area contributed by atoms with Crippen LogP contribution >= 0.6 is 0 Å². The summed E-state index contributed by atoms with van der Waals surface area (Å²) >= 11 is 0. The van der Waals surface area contributed by atoms with Gasteiger partial charge in [-0.05, 0) is 12.8 Å². The van der Waals surface area contributed by atoms with Crippen LogP contribution in [-0.2, 0) is 22.1 Å². The molecular formula is C16H23N5O3. The predicted molar refractivity (Wildman–Crippen MR) is 83.4 cm³/mol. The van der Waals surface area contributed by atoms with E-state index in [9.17, 15) is 0 Å². The van der Waals surface area contributed by atoms with E-state index in [1.54, 1.807) is 13.4 Å². The number of aromatic nitrogens is 5. The molecule has 130 valence electrons. The van der Waals surface area contributed by atoms with E-state index >= 15 is 0 Å². The van der Waals surface area contributed by atoms with Crippen LogP contribution in [0.15, 0.2) is 10.9 Å². The fourth-order valence-electron chi connectivity index (χ4n) is 3.98. The number of hydrogen-bond acceptors (Lipinski definition) is 7. The Hall–Kier alpha value is -1.80. The molecule has 2 fully saturated rings. The Morgan fingerprint density at radius 3 is 2.75 bits per heavy atom. The van der Waals surface area contributed by atoms with E-state index in [-0.39, 0.29) is 11.8 Å². The molecule has 3 heterocycles. The molecule has 0 radical (unpaired) electrons. The molecule has 1 aliphatic heterocycles. The topological polar surface area (TPSA) is 88.1 Å². The molecule has 8 nitrogen and oxygen atoms in total. The molecule has 24 heavy (non-hydrogen) atoms. The van der Waals surface area contributed by atoms with Crippen molar-refractivity contribution in [3.63, 3.8) is 0 Å². The molecule has 1 saturated carbocycles. The molecule has 1 saturated heterocycles. The van der Waals surface area contributed by atoms with E-state index in [1.807, 2.05) is 11.6 Å². The summed E-state index contributed by atoms with van der Waals surface area (Å²) in [5.41, 5.74) is -0.487. The van der Waals surface area contributed by atoms with Gasteiger partial charge in [0.1, 0.15) is 17.8 Å². The second-order valence-electron chi connectivity index (χ2n) is 6.71. The van der Waals surface area contributed by atoms with Gasteiger partial charge in [0.15, 0.2) is 0 Å². The largest absolute Gasteiger partial charge is 0.381 e. The molecule has 2 atom stereocenters. The molecule has 0 spiro atoms. The van der Waals surface area contributed by atoms with Crippen molar-refractivity contribution in [3.05, 3.63) is 23.9 Å². The van der Waals surface area contributed by atoms with Gasteiger partial charge >= 0.3 is 0 Å². The summed E-state index contributed by atoms with van der Waals surface area (Å²) in [5.74, 6) is 2.80. The van der Waals surface area contributed by atoms with Gasteiger partial charge in [0.2, 0.25) is 11.7 Å². The van der Waals surface area contributed by atoms with Gasteiger partial charge in [-0.1, -0.05) is 11.6 Å². The zero-order valence-electron chi connectivity index (χ0n) is 14.1. The van der Waals surface area contributed by atoms with Gasteiger partial charge in [-0.2, -0.15) is 4.98 Å². The standard InChI is InChI=1S/C16H23N5O3/c1-21-10-17-19-13(21)11-4-3-5-12(11)14-18-15(20-24-14)16(22-2)6-8-23-9-7-16/h10-12H,3-9H2,1-2H3/t11-,12+/m0/s1. The number of aryl methyl sites for hydroxylation is 1. The van der Waals surface area contributed by atoms with Crippen LogP contribution in [0.1, 0.15) is 61.5 Å². The zero-order chi connectivity index (χ0) is 16.6. The van der Waals surface area contributed by atoms with Gasteiger partial charge in [-0.3, -0.25) is 0 Å². The van der Waals surface area contributed by atoms with Gasteiger partial charge in [0.05, 0.1) is 0 Å². The summed E-state index contributed by atoms with van der Waals surface area (Å²) in [4.78, 5) is 4.73. The van der Waals surface area contributed by atoms with Gasteiger partial charge in [0.25, 0.3) is 0 Å². The lowest BCUT2D eigenvalue weighted by atomic mass is 9.92. The van der Waals surface area contributed by atoms with Crippen LogP contribution in [0.5, 0.6) is 0 Å². The Balaban J connectivity index is 1.61. The van der Waals surface area contributed by atoms with E-state index in [0.29, 0.717) is 24.9 Å². The van der Waals surface area contributed by atoms with E-state index in [4.69, 9.17) is 19.0 Å². The molecule has 8 heteroatoms. The van der Waals surface area contributed by atoms with Crippen LogP contribution in [0.2, 0.25) is 0 Å². The number of nitrogens with zero attached hydrogens (tertiary/aromatic N) is 5. The molecule has 0 aromatic carbocycles. The monoisotopic (exact) mass is 333 g/mol. The number of hydrogen-bond donors (Lipinski definition) is 0. The molecule has 2 aromatic heterocycles. The highest BCUT2D eigenvalue weighted by Crippen LogP contribution is 2.45. The molecule has 0 N–H and O–H groups in total. The van der Waals surface area contributed by atoms with Crippen LogP contribution in [0.4, 0.5) is 0 Å². The van der Waals surface area contributed by atoms with E-state index < -0.39 is 5.60 Å². The lowest BCUT2D eigenvalue weighted by Crippen LogP contribution is -2.36. The Morgan fingerprint density at radius 2 is 2.04 bits per heavy atom. The third kappa shape index (κ3) is 2.53. The van der Waals surface area contributed by atoms with E-state index in [0.717, 1.165) is 37.9 Å². The first-order valence-corrected chi connectivity index (χ1v) is 8.54. The van der Waals surface area contributed by atoms with Crippen molar-refractivity contribution < 1.29 is 14.0 Å². The first-order chi connectivity index (χ1) is 11.7. The SMILES string of the molecule is COC1(c2noc([C@@H]3CCC[C@@H]3c3nncn3C)n2)CCOCC1. The van der Waals surface area contributed by atoms with Gasteiger partial charge in [-0.15, -0.1) is 10.2 Å². The number of methoxy groups -OCH3 is 1. The fraction of sp³-hybridized carbons (Fsp3) is 0.750. The third-order valence-corrected chi connectivity index (χ3v) is 5.45. The van der Waals surface area contributed by atoms with Crippen molar-refractivity contribution >= 4 is 0 Å². The Morgan fingerprint density at radius 1 is 1.25 bits per heavy atom. The molecule has 0 amide bonds. The van der Waals surface area contributed by atoms with Crippen molar-refractivity contribution in [3.8, 4) is 0 Å². The summed E-state index contributed by atoms with van der Waals surface area (Å²) in [7, 11) is 3.69. The highest BCUT2D eigenvalue weighted by atomic mass is 16.5. The molecule has 0 unspecified atom stereocenters. The van der Waals surface area contributed by atoms with Crippen LogP contribution < -0.4 is 0 Å². The quantitative estimate of drug-likeness (QED) is 0.844. The maximum absolute atomic E-state index is 5.77. The Labute approximate surface area is 140 Å². The van der Waals surface area contributed by atoms with Gasteiger partial charge in [0, 0.05) is 52.0 Å². The first-order valence-electron chi connectivity index (χ1n) is 8.54. The molecule has 2 aliphatic rings. The Bertz CT molecular complexity index is 691. The smallest absolute Gasteiger partial charge is 0.230 e. The van der Waals surface area contributed by atoms with E-state index in [1.165, 1.54) is 0 Å². The van der Waals surface area contributed by atoms with Gasteiger partial charge in [-0.25, -0.2) is 0 Å². The third-order valence-electron chi connectivity index (χ3n) is 5.45. The van der Waals surface area contributed by atoms with Crippen LogP contribution in [0.25, 0.3) is 0 Å². The van der Waals surface area contributed by atoms with Crippen LogP contribution in [0.3, 0.4) is 0 Å². The molecular weight excluding hydrogens is 310 g/mol. The second kappa shape index (κ2) is 6.25. The molecule has 4 rings (SSSR count). The minimum absolute atomic E-state index is 0.197. The zero-order valence-corrected chi connectivity index (χ0v) is 14.1. The predicted octanol–water partition coefficient (Wildman–Crippen LogP) is 1.90. The second-order valence-corrected chi connectivity index (χ2v) is 6.71. The summed E-state index contributed by atoms with van der Waals surface area (Å²) in [6, 6.07) is 0. The lowest BCUT2D eigenvalue weighted by Gasteiger charge is -2.32. The van der Waals surface area contributed by atoms with E-state index in [2.05, 4.69) is 15.4 Å². The van der Waals surface area contributed by atoms with Crippen molar-refractivity contribution in [2.75, 3.05) is 20.3 Å². The highest BCUT2D eigenvalue weighted by Gasteiger charge is 2.42. The summed E-state index contributed by atoms with van der Waals surface area (Å²) in [6.45, 7) is 1.31. The fourth-order valence-corrected chi connectivity index (χ4v) is 3.98. The minimum atomic E-state index is -0.487. The van der Waals surface area contributed by atoms with Crippen LogP contribution in [0, 0.1) is 0 Å². The normalized spacial score (nSPS) is 26.8. The summed E-state index contributed by atoms with van der Waals surface area (Å²) < 4.78 is 18.9. The average Bonchev–Trinajstić information content (AvgIpc) is 3.34. The first kappa shape index (κ1) is 15.7. The average molecular weight is 333 g/mol. The van der Waals surface area contributed by atoms with Crippen molar-refractivity contribution in [2.45, 2.75) is 49.5 Å². The van der Waals surface area contributed by atoms with Crippen molar-refractivity contribution in [2.24, 2.45) is 7.05 Å². The summed E-state index contributed by atoms with van der Waals surface area (Å²) in [6.07, 6.45) is 6.47. The molecule has 0 bridgehead atoms. The van der Waals surface area contributed by atoms with Gasteiger partial charge < -0.3 is 18.6 Å². The van der Waals surface area contributed by atoms with Crippen molar-refractivity contribution in [1.29, 1.82) is 0 Å². The van der Waals surface area contributed by atoms with Crippen LogP contribution in [-0.4, -0.2) is 45.2 Å². The number of ether oxygens (including phenoxy) is 2. The summed E-state index contributed by atoms with van der Waals surface area (Å²) in [5, 5.41) is 12.5. The highest BCUT2D eigenvalue weighted by molar-refractivity contribution is 5.13. The maximum atomic E-state index is 5.77. The maximum Gasteiger partial charge on any atom is 0.230 e. The molecule has 2 aromatic rings. The minimum Gasteiger partial charge on any atom is -0.381 e. The molecule has 1 aliphatic carbocycles.